The lowest BCUT2D eigenvalue weighted by molar-refractivity contribution is 1.10. The van der Waals surface area contributed by atoms with Crippen LogP contribution in [0.15, 0.2) is 140 Å². The number of aromatic nitrogens is 4. The third-order valence-electron chi connectivity index (χ3n) is 8.31. The normalized spacial score (nSPS) is 11.7. The lowest BCUT2D eigenvalue weighted by Crippen LogP contribution is -1.92. The first kappa shape index (κ1) is 24.1. The summed E-state index contributed by atoms with van der Waals surface area (Å²) in [4.78, 5) is 5.02. The van der Waals surface area contributed by atoms with Gasteiger partial charge in [-0.25, -0.2) is 4.98 Å². The summed E-state index contributed by atoms with van der Waals surface area (Å²) in [6, 6.07) is 49.3. The highest BCUT2D eigenvalue weighted by atomic mass is 32.1. The zero-order valence-corrected chi connectivity index (χ0v) is 23.8. The number of thiophene rings is 1. The number of aromatic amines is 1. The van der Waals surface area contributed by atoms with Gasteiger partial charge >= 0.3 is 0 Å². The largest absolute Gasteiger partial charge is 0.309 e. The standard InChI is InChI=1S/C38H24N4S/c1-2-11-24(12-3-1)26-13-4-5-16-31(26)37-39-38(41-40-37)32-18-10-17-30-29-22-21-25(23-35(29)43-36(30)32)42-33-19-8-6-14-27(33)28-15-7-9-20-34(28)42/h1-23H,(H,39,40,41). The van der Waals surface area contributed by atoms with Gasteiger partial charge in [-0.1, -0.05) is 109 Å². The van der Waals surface area contributed by atoms with E-state index in [9.17, 15) is 0 Å². The lowest BCUT2D eigenvalue weighted by Gasteiger charge is -2.08. The van der Waals surface area contributed by atoms with E-state index in [0.717, 1.165) is 33.8 Å². The Kier molecular flexibility index (Phi) is 5.33. The van der Waals surface area contributed by atoms with Gasteiger partial charge in [-0.05, 0) is 41.5 Å². The van der Waals surface area contributed by atoms with E-state index < -0.39 is 0 Å². The molecule has 0 amide bonds. The number of benzene rings is 6. The summed E-state index contributed by atoms with van der Waals surface area (Å²) in [6.45, 7) is 0. The van der Waals surface area contributed by atoms with E-state index in [4.69, 9.17) is 4.98 Å². The van der Waals surface area contributed by atoms with Crippen LogP contribution >= 0.6 is 11.3 Å². The molecule has 0 spiro atoms. The van der Waals surface area contributed by atoms with Crippen LogP contribution in [0.5, 0.6) is 0 Å². The predicted octanol–water partition coefficient (Wildman–Crippen LogP) is 10.3. The molecular formula is C38H24N4S. The highest BCUT2D eigenvalue weighted by molar-refractivity contribution is 7.26. The Morgan fingerprint density at radius 2 is 1.19 bits per heavy atom. The highest BCUT2D eigenvalue weighted by Gasteiger charge is 2.17. The monoisotopic (exact) mass is 568 g/mol. The number of fused-ring (bicyclic) bond motifs is 6. The fourth-order valence-corrected chi connectivity index (χ4v) is 7.61. The minimum Gasteiger partial charge on any atom is -0.309 e. The zero-order chi connectivity index (χ0) is 28.3. The van der Waals surface area contributed by atoms with E-state index >= 15 is 0 Å². The average molecular weight is 569 g/mol. The molecule has 0 aliphatic carbocycles. The summed E-state index contributed by atoms with van der Waals surface area (Å²) < 4.78 is 4.83. The van der Waals surface area contributed by atoms with Crippen molar-refractivity contribution in [1.82, 2.24) is 19.7 Å². The first-order valence-corrected chi connectivity index (χ1v) is 15.2. The summed E-state index contributed by atoms with van der Waals surface area (Å²) in [6.07, 6.45) is 0. The molecule has 0 atom stereocenters. The Morgan fingerprint density at radius 1 is 0.535 bits per heavy atom. The zero-order valence-electron chi connectivity index (χ0n) is 23.0. The molecule has 0 fully saturated rings. The second-order valence-corrected chi connectivity index (χ2v) is 11.8. The van der Waals surface area contributed by atoms with Crippen molar-refractivity contribution >= 4 is 53.3 Å². The van der Waals surface area contributed by atoms with Crippen LogP contribution in [0.25, 0.3) is 81.6 Å². The third kappa shape index (κ3) is 3.75. The molecule has 9 aromatic rings. The van der Waals surface area contributed by atoms with Crippen molar-refractivity contribution in [3.05, 3.63) is 140 Å². The molecule has 4 nitrogen and oxygen atoms in total. The van der Waals surface area contributed by atoms with Crippen LogP contribution in [-0.2, 0) is 0 Å². The van der Waals surface area contributed by atoms with Gasteiger partial charge in [0.05, 0.1) is 11.0 Å². The molecule has 3 aromatic heterocycles. The van der Waals surface area contributed by atoms with Crippen molar-refractivity contribution in [3.8, 4) is 39.6 Å². The number of para-hydroxylation sites is 2. The van der Waals surface area contributed by atoms with Crippen LogP contribution in [-0.4, -0.2) is 19.7 Å². The van der Waals surface area contributed by atoms with E-state index in [1.807, 2.05) is 23.5 Å². The van der Waals surface area contributed by atoms with Gasteiger partial charge in [0.1, 0.15) is 0 Å². The highest BCUT2D eigenvalue weighted by Crippen LogP contribution is 2.41. The summed E-state index contributed by atoms with van der Waals surface area (Å²) in [7, 11) is 0. The first-order valence-electron chi connectivity index (χ1n) is 14.3. The average Bonchev–Trinajstić information content (AvgIpc) is 3.79. The van der Waals surface area contributed by atoms with Gasteiger partial charge in [-0.15, -0.1) is 11.3 Å². The Bertz CT molecular complexity index is 2410. The topological polar surface area (TPSA) is 46.5 Å². The minimum atomic E-state index is 0.696. The molecule has 1 N–H and O–H groups in total. The van der Waals surface area contributed by atoms with Crippen LogP contribution in [0.3, 0.4) is 0 Å². The van der Waals surface area contributed by atoms with Gasteiger partial charge in [0.25, 0.3) is 0 Å². The fourth-order valence-electron chi connectivity index (χ4n) is 6.36. The summed E-state index contributed by atoms with van der Waals surface area (Å²) >= 11 is 1.81. The molecule has 5 heteroatoms. The maximum atomic E-state index is 5.02. The van der Waals surface area contributed by atoms with E-state index in [1.165, 1.54) is 42.0 Å². The van der Waals surface area contributed by atoms with Gasteiger partial charge < -0.3 is 4.57 Å². The summed E-state index contributed by atoms with van der Waals surface area (Å²) in [5, 5.41) is 13.0. The molecule has 0 saturated heterocycles. The van der Waals surface area contributed by atoms with Crippen LogP contribution in [0.1, 0.15) is 0 Å². The molecule has 0 bridgehead atoms. The number of hydrogen-bond acceptors (Lipinski definition) is 3. The maximum absolute atomic E-state index is 5.02. The van der Waals surface area contributed by atoms with Crippen molar-refractivity contribution in [3.63, 3.8) is 0 Å². The number of nitrogens with one attached hydrogen (secondary N) is 1. The molecule has 3 heterocycles. The summed E-state index contributed by atoms with van der Waals surface area (Å²) in [5.74, 6) is 1.47. The van der Waals surface area contributed by atoms with E-state index in [1.54, 1.807) is 0 Å². The summed E-state index contributed by atoms with van der Waals surface area (Å²) in [5.41, 5.74) is 7.94. The van der Waals surface area contributed by atoms with Gasteiger partial charge in [0.15, 0.2) is 11.6 Å². The smallest absolute Gasteiger partial charge is 0.182 e. The van der Waals surface area contributed by atoms with Crippen molar-refractivity contribution in [2.75, 3.05) is 0 Å². The molecule has 0 saturated carbocycles. The SMILES string of the molecule is c1ccc(-c2ccccc2-c2n[nH]c(-c3cccc4c3sc3cc(-n5c6ccccc6c6ccccc65)ccc34)n2)cc1. The van der Waals surface area contributed by atoms with E-state index in [-0.39, 0.29) is 0 Å². The second-order valence-electron chi connectivity index (χ2n) is 10.8. The van der Waals surface area contributed by atoms with E-state index in [0.29, 0.717) is 5.82 Å². The molecule has 0 unspecified atom stereocenters. The molecule has 43 heavy (non-hydrogen) atoms. The fraction of sp³-hybridized carbons (Fsp3) is 0. The molecule has 0 aliphatic rings. The van der Waals surface area contributed by atoms with Crippen molar-refractivity contribution in [2.45, 2.75) is 0 Å². The van der Waals surface area contributed by atoms with Crippen molar-refractivity contribution in [2.24, 2.45) is 0 Å². The molecule has 0 aliphatic heterocycles. The van der Waals surface area contributed by atoms with Crippen LogP contribution in [0, 0.1) is 0 Å². The molecule has 6 aromatic carbocycles. The van der Waals surface area contributed by atoms with Crippen LogP contribution in [0.2, 0.25) is 0 Å². The first-order chi connectivity index (χ1) is 21.3. The van der Waals surface area contributed by atoms with Gasteiger partial charge in [0, 0.05) is 47.8 Å². The number of hydrogen-bond donors (Lipinski definition) is 1. The Morgan fingerprint density at radius 3 is 1.98 bits per heavy atom. The molecule has 202 valence electrons. The van der Waals surface area contributed by atoms with Gasteiger partial charge in [-0.3, -0.25) is 5.10 Å². The Balaban J connectivity index is 1.18. The quantitative estimate of drug-likeness (QED) is 0.230. The van der Waals surface area contributed by atoms with Crippen molar-refractivity contribution < 1.29 is 0 Å². The van der Waals surface area contributed by atoms with Crippen molar-refractivity contribution in [1.29, 1.82) is 0 Å². The molecular weight excluding hydrogens is 545 g/mol. The number of rotatable bonds is 4. The lowest BCUT2D eigenvalue weighted by atomic mass is 9.99. The van der Waals surface area contributed by atoms with Crippen LogP contribution < -0.4 is 0 Å². The maximum Gasteiger partial charge on any atom is 0.182 e. The van der Waals surface area contributed by atoms with Gasteiger partial charge in [-0.2, -0.15) is 5.10 Å². The minimum absolute atomic E-state index is 0.696. The third-order valence-corrected chi connectivity index (χ3v) is 9.52. The number of H-pyrrole nitrogens is 1. The van der Waals surface area contributed by atoms with Gasteiger partial charge in [0.2, 0.25) is 0 Å². The van der Waals surface area contributed by atoms with E-state index in [2.05, 4.69) is 142 Å². The Hall–Kier alpha value is -5.52. The number of nitrogens with zero attached hydrogens (tertiary/aromatic N) is 3. The Labute approximate surface area is 251 Å². The molecule has 9 rings (SSSR count). The second kappa shape index (κ2) is 9.51. The molecule has 0 radical (unpaired) electrons. The van der Waals surface area contributed by atoms with Crippen LogP contribution in [0.4, 0.5) is 0 Å². The predicted molar refractivity (Wildman–Crippen MR) is 180 cm³/mol.